The van der Waals surface area contributed by atoms with Crippen LogP contribution in [0.3, 0.4) is 0 Å². The van der Waals surface area contributed by atoms with Crippen molar-refractivity contribution in [3.05, 3.63) is 36.2 Å². The molecule has 1 aromatic heterocycles. The largest absolute Gasteiger partial charge is 0.371 e. The highest BCUT2D eigenvalue weighted by Crippen LogP contribution is 2.31. The Hall–Kier alpha value is -1.79. The molecular weight excluding hydrogens is 328 g/mol. The van der Waals surface area contributed by atoms with Crippen molar-refractivity contribution in [3.63, 3.8) is 0 Å². The van der Waals surface area contributed by atoms with Gasteiger partial charge in [-0.3, -0.25) is 4.79 Å². The molecule has 6 heteroatoms. The molecule has 2 saturated heterocycles. The van der Waals surface area contributed by atoms with E-state index in [1.165, 1.54) is 25.8 Å². The van der Waals surface area contributed by atoms with Gasteiger partial charge < -0.3 is 14.5 Å². The molecule has 3 heterocycles. The van der Waals surface area contributed by atoms with Gasteiger partial charge in [0, 0.05) is 26.2 Å². The Labute approximate surface area is 155 Å². The number of nitrogens with zero attached hydrogens (tertiary/aromatic N) is 4. The highest BCUT2D eigenvalue weighted by molar-refractivity contribution is 5.93. The number of piperidine rings is 1. The highest BCUT2D eigenvalue weighted by Gasteiger charge is 2.41. The van der Waals surface area contributed by atoms with E-state index in [2.05, 4.69) is 27.2 Å². The van der Waals surface area contributed by atoms with Crippen LogP contribution in [0.1, 0.15) is 42.5 Å². The molecule has 3 aliphatic rings. The summed E-state index contributed by atoms with van der Waals surface area (Å²) in [5.41, 5.74) is 0.442. The molecule has 1 aliphatic carbocycles. The van der Waals surface area contributed by atoms with Crippen molar-refractivity contribution in [2.24, 2.45) is 5.92 Å². The van der Waals surface area contributed by atoms with Crippen molar-refractivity contribution in [3.8, 4) is 0 Å². The van der Waals surface area contributed by atoms with Crippen LogP contribution in [-0.2, 0) is 4.74 Å². The maximum Gasteiger partial charge on any atom is 0.255 e. The zero-order valence-corrected chi connectivity index (χ0v) is 15.3. The van der Waals surface area contributed by atoms with Gasteiger partial charge in [0.2, 0.25) is 0 Å². The van der Waals surface area contributed by atoms with Gasteiger partial charge in [0.15, 0.2) is 0 Å². The maximum absolute atomic E-state index is 12.7. The van der Waals surface area contributed by atoms with Crippen molar-refractivity contribution in [1.29, 1.82) is 0 Å². The Bertz CT molecular complexity index is 640. The zero-order valence-electron chi connectivity index (χ0n) is 15.3. The van der Waals surface area contributed by atoms with E-state index in [0.717, 1.165) is 31.8 Å². The van der Waals surface area contributed by atoms with E-state index in [1.54, 1.807) is 18.5 Å². The number of rotatable bonds is 3. The standard InChI is InChI=1S/C20H28N4O2/c25-19(18-6-9-21-22-14-18)24-12-13-26-20(16-24)7-10-23(11-8-20)15-17-4-2-1-3-5-17/h1-2,6,9,14,17H,3-5,7-8,10-13,15-16H2. The van der Waals surface area contributed by atoms with E-state index in [1.807, 2.05) is 4.90 Å². The smallest absolute Gasteiger partial charge is 0.255 e. The first-order valence-corrected chi connectivity index (χ1v) is 9.81. The van der Waals surface area contributed by atoms with Crippen molar-refractivity contribution in [1.82, 2.24) is 20.0 Å². The molecular formula is C20H28N4O2. The number of hydrogen-bond acceptors (Lipinski definition) is 5. The Morgan fingerprint density at radius 1 is 1.23 bits per heavy atom. The molecule has 0 N–H and O–H groups in total. The average Bonchev–Trinajstić information content (AvgIpc) is 2.71. The topological polar surface area (TPSA) is 58.6 Å². The predicted octanol–water partition coefficient (Wildman–Crippen LogP) is 2.14. The Balaban J connectivity index is 1.33. The molecule has 1 unspecified atom stereocenters. The van der Waals surface area contributed by atoms with Crippen LogP contribution in [0.15, 0.2) is 30.6 Å². The van der Waals surface area contributed by atoms with Crippen molar-refractivity contribution >= 4 is 5.91 Å². The van der Waals surface area contributed by atoms with Gasteiger partial charge in [-0.2, -0.15) is 10.2 Å². The number of aromatic nitrogens is 2. The molecule has 140 valence electrons. The lowest BCUT2D eigenvalue weighted by atomic mass is 9.87. The quantitative estimate of drug-likeness (QED) is 0.777. The number of amides is 1. The summed E-state index contributed by atoms with van der Waals surface area (Å²) in [6.07, 6.45) is 13.5. The first kappa shape index (κ1) is 17.6. The van der Waals surface area contributed by atoms with Gasteiger partial charge in [0.1, 0.15) is 0 Å². The minimum atomic E-state index is -0.169. The van der Waals surface area contributed by atoms with Gasteiger partial charge in [-0.15, -0.1) is 0 Å². The van der Waals surface area contributed by atoms with E-state index in [0.29, 0.717) is 25.3 Å². The summed E-state index contributed by atoms with van der Waals surface area (Å²) >= 11 is 0. The highest BCUT2D eigenvalue weighted by atomic mass is 16.5. The summed E-state index contributed by atoms with van der Waals surface area (Å²) < 4.78 is 6.20. The predicted molar refractivity (Wildman–Crippen MR) is 98.8 cm³/mol. The zero-order chi connectivity index (χ0) is 17.8. The lowest BCUT2D eigenvalue weighted by Gasteiger charge is -2.47. The number of likely N-dealkylation sites (tertiary alicyclic amines) is 1. The molecule has 6 nitrogen and oxygen atoms in total. The van der Waals surface area contributed by atoms with Crippen molar-refractivity contribution < 1.29 is 9.53 Å². The van der Waals surface area contributed by atoms with Crippen LogP contribution < -0.4 is 0 Å². The van der Waals surface area contributed by atoms with Gasteiger partial charge in [-0.05, 0) is 44.1 Å². The van der Waals surface area contributed by atoms with Crippen molar-refractivity contribution in [2.45, 2.75) is 37.7 Å². The summed E-state index contributed by atoms with van der Waals surface area (Å²) in [6.45, 7) is 5.30. The van der Waals surface area contributed by atoms with Crippen LogP contribution in [0.2, 0.25) is 0 Å². The fraction of sp³-hybridized carbons (Fsp3) is 0.650. The van der Waals surface area contributed by atoms with Crippen LogP contribution in [0.25, 0.3) is 0 Å². The maximum atomic E-state index is 12.7. The Morgan fingerprint density at radius 3 is 2.85 bits per heavy atom. The van der Waals surface area contributed by atoms with Gasteiger partial charge in [0.05, 0.1) is 36.7 Å². The van der Waals surface area contributed by atoms with E-state index < -0.39 is 0 Å². The monoisotopic (exact) mass is 356 g/mol. The summed E-state index contributed by atoms with van der Waals surface area (Å²) in [6, 6.07) is 1.73. The summed E-state index contributed by atoms with van der Waals surface area (Å²) in [4.78, 5) is 17.3. The fourth-order valence-corrected chi connectivity index (χ4v) is 4.45. The molecule has 1 spiro atoms. The molecule has 0 aromatic carbocycles. The van der Waals surface area contributed by atoms with Gasteiger partial charge >= 0.3 is 0 Å². The second-order valence-corrected chi connectivity index (χ2v) is 7.84. The molecule has 2 aliphatic heterocycles. The lowest BCUT2D eigenvalue weighted by Crippen LogP contribution is -2.58. The number of allylic oxidation sites excluding steroid dienone is 2. The van der Waals surface area contributed by atoms with Gasteiger partial charge in [-0.25, -0.2) is 0 Å². The fourth-order valence-electron chi connectivity index (χ4n) is 4.45. The molecule has 1 aromatic rings. The molecule has 1 amide bonds. The minimum absolute atomic E-state index is 0.0407. The number of hydrogen-bond donors (Lipinski definition) is 0. The van der Waals surface area contributed by atoms with Crippen molar-refractivity contribution in [2.75, 3.05) is 39.3 Å². The average molecular weight is 356 g/mol. The lowest BCUT2D eigenvalue weighted by molar-refractivity contribution is -0.128. The molecule has 0 radical (unpaired) electrons. The normalized spacial score (nSPS) is 26.2. The Morgan fingerprint density at radius 2 is 2.12 bits per heavy atom. The van der Waals surface area contributed by atoms with Crippen LogP contribution in [-0.4, -0.2) is 70.8 Å². The van der Waals surface area contributed by atoms with Crippen LogP contribution in [0, 0.1) is 5.92 Å². The minimum Gasteiger partial charge on any atom is -0.371 e. The molecule has 0 bridgehead atoms. The third-order valence-electron chi connectivity index (χ3n) is 6.03. The first-order valence-electron chi connectivity index (χ1n) is 9.81. The van der Waals surface area contributed by atoms with Crippen LogP contribution >= 0.6 is 0 Å². The van der Waals surface area contributed by atoms with Gasteiger partial charge in [-0.1, -0.05) is 12.2 Å². The number of carbonyl (C=O) groups is 1. The number of morpholine rings is 1. The first-order chi connectivity index (χ1) is 12.7. The molecule has 0 saturated carbocycles. The summed E-state index contributed by atoms with van der Waals surface area (Å²) in [5, 5.41) is 7.59. The number of carbonyl (C=O) groups excluding carboxylic acids is 1. The SMILES string of the molecule is O=C(c1ccnnc1)N1CCOC2(CCN(CC3CC=CCC3)CC2)C1. The van der Waals surface area contributed by atoms with E-state index >= 15 is 0 Å². The molecule has 26 heavy (non-hydrogen) atoms. The van der Waals surface area contributed by atoms with E-state index in [9.17, 15) is 4.79 Å². The molecule has 1 atom stereocenters. The second-order valence-electron chi connectivity index (χ2n) is 7.84. The Kier molecular flexibility index (Phi) is 5.31. The van der Waals surface area contributed by atoms with Crippen LogP contribution in [0.4, 0.5) is 0 Å². The summed E-state index contributed by atoms with van der Waals surface area (Å²) in [7, 11) is 0. The molecule has 4 rings (SSSR count). The third kappa shape index (κ3) is 3.96. The van der Waals surface area contributed by atoms with Crippen LogP contribution in [0.5, 0.6) is 0 Å². The van der Waals surface area contributed by atoms with E-state index in [4.69, 9.17) is 4.74 Å². The second kappa shape index (κ2) is 7.84. The third-order valence-corrected chi connectivity index (χ3v) is 6.03. The van der Waals surface area contributed by atoms with Gasteiger partial charge in [0.25, 0.3) is 5.91 Å². The van der Waals surface area contributed by atoms with E-state index in [-0.39, 0.29) is 11.5 Å². The summed E-state index contributed by atoms with van der Waals surface area (Å²) in [5.74, 6) is 0.845. The molecule has 2 fully saturated rings. The number of ether oxygens (including phenoxy) is 1.